The van der Waals surface area contributed by atoms with E-state index in [0.29, 0.717) is 44.7 Å². The molecule has 2 fully saturated rings. The fourth-order valence-corrected chi connectivity index (χ4v) is 7.04. The van der Waals surface area contributed by atoms with Crippen molar-refractivity contribution in [3.63, 3.8) is 0 Å². The number of alkyl halides is 5. The number of hydrogen-bond donors (Lipinski definition) is 1. The van der Waals surface area contributed by atoms with E-state index < -0.39 is 47.2 Å². The van der Waals surface area contributed by atoms with Crippen molar-refractivity contribution in [2.24, 2.45) is 5.92 Å². The van der Waals surface area contributed by atoms with E-state index in [1.54, 1.807) is 17.0 Å². The minimum absolute atomic E-state index is 0.0981. The molecule has 1 saturated heterocycles. The van der Waals surface area contributed by atoms with Gasteiger partial charge in [-0.15, -0.1) is 0 Å². The molecule has 1 saturated carbocycles. The van der Waals surface area contributed by atoms with Crippen molar-refractivity contribution in [3.8, 4) is 0 Å². The Balaban J connectivity index is 1.50. The minimum Gasteiger partial charge on any atom is -0.479 e. The van der Waals surface area contributed by atoms with Gasteiger partial charge in [-0.25, -0.2) is 13.6 Å². The van der Waals surface area contributed by atoms with E-state index in [4.69, 9.17) is 4.11 Å². The number of benzene rings is 2. The van der Waals surface area contributed by atoms with Crippen molar-refractivity contribution < 1.29 is 40.8 Å². The van der Waals surface area contributed by atoms with Gasteiger partial charge in [-0.1, -0.05) is 48.0 Å². The highest BCUT2D eigenvalue weighted by Gasteiger charge is 2.56. The molecule has 3 unspecified atom stereocenters. The number of carboxylic acid groups (broad SMARTS) is 1. The number of hydrogen-bond acceptors (Lipinski definition) is 2. The third-order valence-corrected chi connectivity index (χ3v) is 9.48. The van der Waals surface area contributed by atoms with E-state index in [1.807, 2.05) is 0 Å². The Morgan fingerprint density at radius 3 is 2.33 bits per heavy atom. The molecule has 40 heavy (non-hydrogen) atoms. The summed E-state index contributed by atoms with van der Waals surface area (Å²) >= 11 is 0. The summed E-state index contributed by atoms with van der Waals surface area (Å²) in [6.45, 7) is -1.45. The fourth-order valence-electron chi connectivity index (χ4n) is 7.04. The van der Waals surface area contributed by atoms with Gasteiger partial charge in [-0.2, -0.15) is 13.2 Å². The predicted molar refractivity (Wildman–Crippen MR) is 139 cm³/mol. The van der Waals surface area contributed by atoms with Crippen LogP contribution in [0.3, 0.4) is 0 Å². The number of likely N-dealkylation sites (tertiary alicyclic amines) is 1. The molecule has 5 rings (SSSR count). The lowest BCUT2D eigenvalue weighted by atomic mass is 9.63. The number of carbonyl (C=O) groups is 2. The zero-order valence-electron chi connectivity index (χ0n) is 25.2. The molecule has 0 aromatic heterocycles. The Kier molecular flexibility index (Phi) is 6.10. The average Bonchev–Trinajstić information content (AvgIpc) is 3.31. The number of nitrogens with zero attached hydrogens (tertiary/aromatic N) is 1. The Morgan fingerprint density at radius 1 is 1.05 bits per heavy atom. The number of rotatable bonds is 5. The van der Waals surface area contributed by atoms with E-state index in [2.05, 4.69) is 0 Å². The van der Waals surface area contributed by atoms with Gasteiger partial charge < -0.3 is 10.0 Å². The largest absolute Gasteiger partial charge is 0.479 e. The van der Waals surface area contributed by atoms with Crippen molar-refractivity contribution in [2.75, 3.05) is 6.54 Å². The SMILES string of the molecule is [2H]C([2H])([2H])c1ccc(CC23CCN(C(=O)C4CCC(F)(C(=O)O)CC4)C2CCc2cc(C(C)(F)C(F)(F)F)ccc23)cc1. The normalized spacial score (nSPS) is 31.2. The standard InChI is InChI=1S/C31H34F5NO3/c1-19-3-5-20(6-4-19)18-29-15-16-37(26(38)21-11-13-30(33,14-12-21)27(39)40)25(29)10-7-22-17-23(8-9-24(22)29)28(2,32)31(34,35)36/h3-6,8-9,17,21,25H,7,10-16,18H2,1-2H3,(H,39,40)/i1D3. The van der Waals surface area contributed by atoms with Gasteiger partial charge in [0.05, 0.1) is 0 Å². The summed E-state index contributed by atoms with van der Waals surface area (Å²) in [6, 6.07) is 10.1. The maximum Gasteiger partial charge on any atom is 0.426 e. The molecule has 2 aromatic carbocycles. The first-order valence-corrected chi connectivity index (χ1v) is 13.6. The molecule has 0 spiro atoms. The summed E-state index contributed by atoms with van der Waals surface area (Å²) in [5, 5.41) is 9.24. The van der Waals surface area contributed by atoms with E-state index in [9.17, 15) is 36.6 Å². The Hall–Kier alpha value is -2.97. The zero-order chi connectivity index (χ0) is 31.6. The highest BCUT2D eigenvalue weighted by molar-refractivity contribution is 5.82. The first-order valence-electron chi connectivity index (χ1n) is 15.1. The summed E-state index contributed by atoms with van der Waals surface area (Å²) in [5.41, 5.74) is -4.85. The molecule has 1 aliphatic heterocycles. The highest BCUT2D eigenvalue weighted by atomic mass is 19.4. The topological polar surface area (TPSA) is 57.6 Å². The number of carbonyl (C=O) groups excluding carboxylic acids is 1. The smallest absolute Gasteiger partial charge is 0.426 e. The summed E-state index contributed by atoms with van der Waals surface area (Å²) in [4.78, 5) is 26.9. The average molecular weight is 567 g/mol. The van der Waals surface area contributed by atoms with E-state index in [0.717, 1.165) is 17.2 Å². The van der Waals surface area contributed by atoms with Gasteiger partial charge in [-0.05, 0) is 87.4 Å². The number of aryl methyl sites for hydroxylation is 2. The summed E-state index contributed by atoms with van der Waals surface area (Å²) < 4.78 is 93.2. The highest BCUT2D eigenvalue weighted by Crippen LogP contribution is 2.51. The van der Waals surface area contributed by atoms with Crippen molar-refractivity contribution >= 4 is 11.9 Å². The number of amides is 1. The van der Waals surface area contributed by atoms with Crippen molar-refractivity contribution in [1.29, 1.82) is 0 Å². The van der Waals surface area contributed by atoms with Crippen molar-refractivity contribution in [1.82, 2.24) is 4.90 Å². The van der Waals surface area contributed by atoms with Gasteiger partial charge in [0.25, 0.3) is 0 Å². The summed E-state index contributed by atoms with van der Waals surface area (Å²) in [7, 11) is 0. The molecule has 1 N–H and O–H groups in total. The molecule has 3 aliphatic rings. The lowest BCUT2D eigenvalue weighted by Crippen LogP contribution is -2.51. The van der Waals surface area contributed by atoms with Crippen molar-refractivity contribution in [2.45, 2.75) is 94.1 Å². The molecule has 0 radical (unpaired) electrons. The molecule has 9 heteroatoms. The molecule has 3 atom stereocenters. The molecule has 216 valence electrons. The van der Waals surface area contributed by atoms with Gasteiger partial charge in [0.1, 0.15) is 0 Å². The van der Waals surface area contributed by atoms with Crippen LogP contribution < -0.4 is 0 Å². The second-order valence-electron chi connectivity index (χ2n) is 11.8. The third kappa shape index (κ3) is 4.69. The first-order chi connectivity index (χ1) is 19.9. The van der Waals surface area contributed by atoms with Crippen LogP contribution in [0.15, 0.2) is 42.5 Å². The number of halogens is 5. The van der Waals surface area contributed by atoms with Crippen LogP contribution in [-0.4, -0.2) is 46.3 Å². The Labute approximate surface area is 234 Å². The number of aliphatic carboxylic acids is 1. The van der Waals surface area contributed by atoms with Gasteiger partial charge in [-0.3, -0.25) is 4.79 Å². The lowest BCUT2D eigenvalue weighted by molar-refractivity contribution is -0.228. The molecule has 1 heterocycles. The van der Waals surface area contributed by atoms with Crippen LogP contribution in [0.25, 0.3) is 0 Å². The lowest BCUT2D eigenvalue weighted by Gasteiger charge is -2.45. The second-order valence-corrected chi connectivity index (χ2v) is 11.8. The third-order valence-electron chi connectivity index (χ3n) is 9.48. The second kappa shape index (κ2) is 9.84. The molecule has 2 aliphatic carbocycles. The number of fused-ring (bicyclic) bond motifs is 3. The van der Waals surface area contributed by atoms with Crippen LogP contribution in [0.4, 0.5) is 22.0 Å². The minimum atomic E-state index is -5.10. The molecule has 2 aromatic rings. The molecular weight excluding hydrogens is 529 g/mol. The van der Waals surface area contributed by atoms with Gasteiger partial charge >= 0.3 is 12.1 Å². The predicted octanol–water partition coefficient (Wildman–Crippen LogP) is 6.75. The van der Waals surface area contributed by atoms with Crippen molar-refractivity contribution in [3.05, 3.63) is 70.3 Å². The molecule has 1 amide bonds. The Bertz CT molecular complexity index is 1400. The fraction of sp³-hybridized carbons (Fsp3) is 0.548. The van der Waals surface area contributed by atoms with E-state index in [-0.39, 0.29) is 43.2 Å². The quantitative estimate of drug-likeness (QED) is 0.408. The van der Waals surface area contributed by atoms with Crippen LogP contribution in [0.1, 0.15) is 77.4 Å². The van der Waals surface area contributed by atoms with Gasteiger partial charge in [0, 0.05) is 28.0 Å². The molecule has 0 bridgehead atoms. The monoisotopic (exact) mass is 566 g/mol. The molecular formula is C31H34F5NO3. The maximum atomic E-state index is 14.9. The number of carboxylic acids is 1. The summed E-state index contributed by atoms with van der Waals surface area (Å²) in [5.74, 6) is -2.26. The van der Waals surface area contributed by atoms with Crippen LogP contribution in [0.5, 0.6) is 0 Å². The van der Waals surface area contributed by atoms with Crippen LogP contribution in [0, 0.1) is 12.8 Å². The van der Waals surface area contributed by atoms with Gasteiger partial charge in [0.15, 0.2) is 0 Å². The van der Waals surface area contributed by atoms with Crippen LogP contribution in [-0.2, 0) is 33.5 Å². The molecule has 4 nitrogen and oxygen atoms in total. The first kappa shape index (κ1) is 24.8. The van der Waals surface area contributed by atoms with Gasteiger partial charge in [0.2, 0.25) is 17.2 Å². The van der Waals surface area contributed by atoms with E-state index >= 15 is 0 Å². The maximum absolute atomic E-state index is 14.9. The zero-order valence-corrected chi connectivity index (χ0v) is 22.2. The van der Waals surface area contributed by atoms with E-state index in [1.165, 1.54) is 24.3 Å². The van der Waals surface area contributed by atoms with Crippen LogP contribution >= 0.6 is 0 Å². The summed E-state index contributed by atoms with van der Waals surface area (Å²) in [6.07, 6.45) is -3.84. The Morgan fingerprint density at radius 2 is 1.73 bits per heavy atom. The van der Waals surface area contributed by atoms with Crippen LogP contribution in [0.2, 0.25) is 0 Å².